The molecule has 4 aromatic rings. The van der Waals surface area contributed by atoms with Crippen molar-refractivity contribution < 1.29 is 9.53 Å². The lowest BCUT2D eigenvalue weighted by molar-refractivity contribution is 0.0521. The van der Waals surface area contributed by atoms with Crippen LogP contribution in [0.1, 0.15) is 47.3 Å². The monoisotopic (exact) mass is 464 g/mol. The number of fused-ring (bicyclic) bond motifs is 3. The number of hydrogen-bond donors (Lipinski definition) is 0. The van der Waals surface area contributed by atoms with E-state index in [4.69, 9.17) is 4.74 Å². The lowest BCUT2D eigenvalue weighted by Gasteiger charge is -2.39. The quantitative estimate of drug-likeness (QED) is 0.376. The van der Waals surface area contributed by atoms with Gasteiger partial charge in [-0.25, -0.2) is 4.98 Å². The van der Waals surface area contributed by atoms with Gasteiger partial charge in [-0.05, 0) is 92.3 Å². The second-order valence-corrected chi connectivity index (χ2v) is 9.79. The second-order valence-electron chi connectivity index (χ2n) is 9.79. The van der Waals surface area contributed by atoms with Gasteiger partial charge in [-0.2, -0.15) is 0 Å². The van der Waals surface area contributed by atoms with E-state index >= 15 is 0 Å². The number of piperidine rings is 1. The first-order valence-electron chi connectivity index (χ1n) is 12.3. The number of pyridine rings is 3. The molecule has 5 heterocycles. The highest BCUT2D eigenvalue weighted by atomic mass is 16.5. The van der Waals surface area contributed by atoms with Crippen LogP contribution in [0.2, 0.25) is 0 Å². The van der Waals surface area contributed by atoms with Gasteiger partial charge in [0.15, 0.2) is 0 Å². The molecule has 6 rings (SSSR count). The van der Waals surface area contributed by atoms with Crippen molar-refractivity contribution >= 4 is 16.7 Å². The fourth-order valence-electron chi connectivity index (χ4n) is 5.78. The van der Waals surface area contributed by atoms with Crippen LogP contribution in [0, 0.1) is 12.8 Å². The maximum absolute atomic E-state index is 13.7. The molecule has 0 unspecified atom stereocenters. The number of ether oxygens (including phenoxy) is 1. The SMILES string of the molecule is Cc1ccc(Oc2ncccc2C(=O)N2[C@H]3CC[C@H]2CC(Cc2ccc4ccncc4c2)C3)cn1. The summed E-state index contributed by atoms with van der Waals surface area (Å²) in [5, 5.41) is 2.41. The summed E-state index contributed by atoms with van der Waals surface area (Å²) in [6, 6.07) is 16.6. The molecule has 0 spiro atoms. The van der Waals surface area contributed by atoms with E-state index in [-0.39, 0.29) is 18.0 Å². The number of aryl methyl sites for hydroxylation is 1. The van der Waals surface area contributed by atoms with Crippen molar-refractivity contribution in [2.45, 2.75) is 51.1 Å². The Kier molecular flexibility index (Phi) is 5.64. The van der Waals surface area contributed by atoms with Crippen molar-refractivity contribution in [1.29, 1.82) is 0 Å². The third-order valence-electron chi connectivity index (χ3n) is 7.39. The van der Waals surface area contributed by atoms with E-state index in [1.807, 2.05) is 37.5 Å². The van der Waals surface area contributed by atoms with Gasteiger partial charge in [0.1, 0.15) is 11.3 Å². The molecule has 2 atom stereocenters. The summed E-state index contributed by atoms with van der Waals surface area (Å²) < 4.78 is 5.98. The van der Waals surface area contributed by atoms with Gasteiger partial charge < -0.3 is 9.64 Å². The van der Waals surface area contributed by atoms with Crippen LogP contribution in [0.3, 0.4) is 0 Å². The van der Waals surface area contributed by atoms with Crippen molar-refractivity contribution in [2.24, 2.45) is 5.92 Å². The predicted molar refractivity (Wildman–Crippen MR) is 134 cm³/mol. The number of amides is 1. The second kappa shape index (κ2) is 9.10. The maximum Gasteiger partial charge on any atom is 0.259 e. The smallest absolute Gasteiger partial charge is 0.259 e. The highest BCUT2D eigenvalue weighted by Crippen LogP contribution is 2.41. The molecule has 2 fully saturated rings. The molecule has 6 nitrogen and oxygen atoms in total. The van der Waals surface area contributed by atoms with E-state index in [9.17, 15) is 4.79 Å². The summed E-state index contributed by atoms with van der Waals surface area (Å²) in [5.41, 5.74) is 2.78. The van der Waals surface area contributed by atoms with Crippen molar-refractivity contribution in [3.05, 3.63) is 90.1 Å². The Hall–Kier alpha value is -3.80. The summed E-state index contributed by atoms with van der Waals surface area (Å²) >= 11 is 0. The topological polar surface area (TPSA) is 68.2 Å². The number of benzene rings is 1. The van der Waals surface area contributed by atoms with Gasteiger partial charge in [-0.1, -0.05) is 12.1 Å². The minimum atomic E-state index is 0.0240. The first kappa shape index (κ1) is 21.7. The van der Waals surface area contributed by atoms with Crippen LogP contribution < -0.4 is 4.74 Å². The van der Waals surface area contributed by atoms with E-state index in [0.717, 1.165) is 37.8 Å². The summed E-state index contributed by atoms with van der Waals surface area (Å²) in [5.74, 6) is 1.52. The molecule has 2 bridgehead atoms. The van der Waals surface area contributed by atoms with Gasteiger partial charge in [0, 0.05) is 41.8 Å². The first-order valence-corrected chi connectivity index (χ1v) is 12.3. The zero-order chi connectivity index (χ0) is 23.8. The van der Waals surface area contributed by atoms with Crippen LogP contribution in [-0.4, -0.2) is 37.8 Å². The molecule has 1 aromatic carbocycles. The highest BCUT2D eigenvalue weighted by Gasteiger charge is 2.44. The Bertz CT molecular complexity index is 1360. The minimum absolute atomic E-state index is 0.0240. The van der Waals surface area contributed by atoms with E-state index in [1.165, 1.54) is 16.3 Å². The van der Waals surface area contributed by atoms with Crippen LogP contribution in [0.4, 0.5) is 0 Å². The molecule has 2 aliphatic rings. The number of rotatable bonds is 5. The molecule has 3 aromatic heterocycles. The Balaban J connectivity index is 1.18. The normalized spacial score (nSPS) is 21.3. The van der Waals surface area contributed by atoms with Crippen LogP contribution in [0.15, 0.2) is 73.3 Å². The molecule has 176 valence electrons. The molecule has 2 saturated heterocycles. The Labute approximate surface area is 205 Å². The fraction of sp³-hybridized carbons (Fsp3) is 0.310. The summed E-state index contributed by atoms with van der Waals surface area (Å²) in [4.78, 5) is 28.8. The van der Waals surface area contributed by atoms with Crippen molar-refractivity contribution in [1.82, 2.24) is 19.9 Å². The Morgan fingerprint density at radius 1 is 0.971 bits per heavy atom. The number of nitrogens with zero attached hydrogens (tertiary/aromatic N) is 4. The van der Waals surface area contributed by atoms with Gasteiger partial charge >= 0.3 is 0 Å². The first-order chi connectivity index (χ1) is 17.1. The predicted octanol–water partition coefficient (Wildman–Crippen LogP) is 5.75. The average molecular weight is 465 g/mol. The number of aromatic nitrogens is 3. The Morgan fingerprint density at radius 2 is 1.83 bits per heavy atom. The highest BCUT2D eigenvalue weighted by molar-refractivity contribution is 5.97. The fourth-order valence-corrected chi connectivity index (χ4v) is 5.78. The molecule has 1 amide bonds. The molecule has 0 radical (unpaired) electrons. The minimum Gasteiger partial charge on any atom is -0.437 e. The molecule has 0 aliphatic carbocycles. The third kappa shape index (κ3) is 4.36. The summed E-state index contributed by atoms with van der Waals surface area (Å²) in [6.45, 7) is 1.93. The van der Waals surface area contributed by atoms with E-state index in [2.05, 4.69) is 44.1 Å². The number of carbonyl (C=O) groups is 1. The van der Waals surface area contributed by atoms with Gasteiger partial charge in [0.2, 0.25) is 5.88 Å². The number of hydrogen-bond acceptors (Lipinski definition) is 5. The van der Waals surface area contributed by atoms with Gasteiger partial charge in [-0.15, -0.1) is 0 Å². The van der Waals surface area contributed by atoms with E-state index < -0.39 is 0 Å². The lowest BCUT2D eigenvalue weighted by Crippen LogP contribution is -2.47. The molecule has 35 heavy (non-hydrogen) atoms. The molecule has 2 aliphatic heterocycles. The van der Waals surface area contributed by atoms with Gasteiger partial charge in [-0.3, -0.25) is 14.8 Å². The average Bonchev–Trinajstić information content (AvgIpc) is 3.15. The van der Waals surface area contributed by atoms with Crippen LogP contribution in [-0.2, 0) is 6.42 Å². The molecular weight excluding hydrogens is 436 g/mol. The molecule has 6 heteroatoms. The molecular formula is C29H28N4O2. The van der Waals surface area contributed by atoms with Crippen LogP contribution >= 0.6 is 0 Å². The zero-order valence-electron chi connectivity index (χ0n) is 19.8. The third-order valence-corrected chi connectivity index (χ3v) is 7.39. The van der Waals surface area contributed by atoms with Gasteiger partial charge in [0.25, 0.3) is 5.91 Å². The van der Waals surface area contributed by atoms with Crippen molar-refractivity contribution in [3.8, 4) is 11.6 Å². The van der Waals surface area contributed by atoms with Crippen molar-refractivity contribution in [3.63, 3.8) is 0 Å². The molecule has 0 N–H and O–H groups in total. The van der Waals surface area contributed by atoms with E-state index in [1.54, 1.807) is 18.5 Å². The van der Waals surface area contributed by atoms with Crippen LogP contribution in [0.5, 0.6) is 11.6 Å². The lowest BCUT2D eigenvalue weighted by atomic mass is 9.85. The maximum atomic E-state index is 13.7. The standard InChI is InChI=1S/C29H28N4O2/c1-19-4-9-26(18-32-19)35-28-27(3-2-11-31-28)29(34)33-24-7-8-25(33)16-21(15-24)13-20-5-6-22-10-12-30-17-23(22)14-20/h2-6,9-12,14,17-18,21,24-25H,7-8,13,15-16H2,1H3/t24-,25-/m0/s1. The number of carbonyl (C=O) groups excluding carboxylic acids is 1. The zero-order valence-corrected chi connectivity index (χ0v) is 19.8. The van der Waals surface area contributed by atoms with Gasteiger partial charge in [0.05, 0.1) is 6.20 Å². The molecule has 0 saturated carbocycles. The van der Waals surface area contributed by atoms with Crippen molar-refractivity contribution in [2.75, 3.05) is 0 Å². The summed E-state index contributed by atoms with van der Waals surface area (Å²) in [7, 11) is 0. The largest absolute Gasteiger partial charge is 0.437 e. The summed E-state index contributed by atoms with van der Waals surface area (Å²) in [6.07, 6.45) is 12.3. The Morgan fingerprint density at radius 3 is 2.63 bits per heavy atom. The van der Waals surface area contributed by atoms with E-state index in [0.29, 0.717) is 23.1 Å². The van der Waals surface area contributed by atoms with Crippen LogP contribution in [0.25, 0.3) is 10.8 Å².